The largest absolute Gasteiger partial charge is 0.351 e. The average Bonchev–Trinajstić information content (AvgIpc) is 3.15. The number of nitrogens with one attached hydrogen (secondary N) is 2. The Balaban J connectivity index is 1.76. The van der Waals surface area contributed by atoms with E-state index in [-0.39, 0.29) is 23.9 Å². The summed E-state index contributed by atoms with van der Waals surface area (Å²) in [4.78, 5) is 30.4. The van der Waals surface area contributed by atoms with Crippen molar-refractivity contribution in [2.75, 3.05) is 18.4 Å². The molecule has 1 aliphatic heterocycles. The van der Waals surface area contributed by atoms with E-state index in [1.807, 2.05) is 39.1 Å². The fraction of sp³-hybridized carbons (Fsp3) is 0.444. The van der Waals surface area contributed by atoms with Crippen LogP contribution in [-0.2, 0) is 11.8 Å². The van der Waals surface area contributed by atoms with Crippen LogP contribution in [0.4, 0.5) is 10.5 Å². The maximum atomic E-state index is 12.7. The molecule has 2 N–H and O–H groups in total. The number of rotatable bonds is 3. The van der Waals surface area contributed by atoms with E-state index in [0.717, 1.165) is 17.1 Å². The van der Waals surface area contributed by atoms with Crippen molar-refractivity contribution in [1.82, 2.24) is 25.0 Å². The Morgan fingerprint density at radius 3 is 2.58 bits per heavy atom. The van der Waals surface area contributed by atoms with Gasteiger partial charge in [-0.05, 0) is 32.0 Å². The molecule has 0 spiro atoms. The van der Waals surface area contributed by atoms with E-state index in [1.54, 1.807) is 15.8 Å². The third kappa shape index (κ3) is 3.68. The molecule has 138 valence electrons. The molecule has 2 atom stereocenters. The summed E-state index contributed by atoms with van der Waals surface area (Å²) < 4.78 is 1.79. The highest BCUT2D eigenvalue weighted by Gasteiger charge is 2.38. The zero-order valence-electron chi connectivity index (χ0n) is 15.5. The molecule has 0 aromatic carbocycles. The fourth-order valence-corrected chi connectivity index (χ4v) is 3.44. The van der Waals surface area contributed by atoms with Crippen molar-refractivity contribution in [3.8, 4) is 0 Å². The number of aromatic nitrogens is 3. The molecule has 0 radical (unpaired) electrons. The summed E-state index contributed by atoms with van der Waals surface area (Å²) in [6.07, 6.45) is 1.73. The smallest absolute Gasteiger partial charge is 0.321 e. The Labute approximate surface area is 152 Å². The van der Waals surface area contributed by atoms with Crippen molar-refractivity contribution < 1.29 is 9.59 Å². The molecule has 26 heavy (non-hydrogen) atoms. The molecule has 8 nitrogen and oxygen atoms in total. The van der Waals surface area contributed by atoms with Gasteiger partial charge >= 0.3 is 6.03 Å². The third-order valence-corrected chi connectivity index (χ3v) is 4.70. The first kappa shape index (κ1) is 17.9. The van der Waals surface area contributed by atoms with Crippen LogP contribution in [0.5, 0.6) is 0 Å². The van der Waals surface area contributed by atoms with Gasteiger partial charge in [0.05, 0.1) is 17.4 Å². The Hall–Kier alpha value is -2.90. The topological polar surface area (TPSA) is 92.2 Å². The second-order valence-electron chi connectivity index (χ2n) is 6.71. The number of nitrogens with zero attached hydrogens (tertiary/aromatic N) is 4. The van der Waals surface area contributed by atoms with Crippen molar-refractivity contribution in [1.29, 1.82) is 0 Å². The summed E-state index contributed by atoms with van der Waals surface area (Å²) in [6.45, 7) is 6.22. The molecule has 8 heteroatoms. The van der Waals surface area contributed by atoms with Crippen LogP contribution in [-0.4, -0.2) is 50.7 Å². The van der Waals surface area contributed by atoms with Crippen molar-refractivity contribution in [2.24, 2.45) is 7.05 Å². The maximum absolute atomic E-state index is 12.7. The SMILES string of the molecule is CC(=O)N[C@@H]1CN(C(=O)Nc2ccc(C)nc2C)C[C@H]1c1ccnn1C. The lowest BCUT2D eigenvalue weighted by molar-refractivity contribution is -0.119. The zero-order chi connectivity index (χ0) is 18.8. The first-order valence-electron chi connectivity index (χ1n) is 8.60. The van der Waals surface area contributed by atoms with E-state index in [0.29, 0.717) is 18.8 Å². The van der Waals surface area contributed by atoms with Gasteiger partial charge in [-0.15, -0.1) is 0 Å². The maximum Gasteiger partial charge on any atom is 0.321 e. The molecule has 3 rings (SSSR count). The summed E-state index contributed by atoms with van der Waals surface area (Å²) in [5.74, 6) is -0.114. The second-order valence-corrected chi connectivity index (χ2v) is 6.71. The van der Waals surface area contributed by atoms with Gasteiger partial charge in [-0.25, -0.2) is 4.79 Å². The van der Waals surface area contributed by atoms with Crippen LogP contribution >= 0.6 is 0 Å². The molecule has 2 aromatic rings. The molecule has 1 aliphatic rings. The molecule has 1 saturated heterocycles. The van der Waals surface area contributed by atoms with Crippen LogP contribution < -0.4 is 10.6 Å². The van der Waals surface area contributed by atoms with Gasteiger partial charge in [-0.3, -0.25) is 14.5 Å². The number of pyridine rings is 1. The van der Waals surface area contributed by atoms with Gasteiger partial charge in [0.2, 0.25) is 5.91 Å². The predicted octanol–water partition coefficient (Wildman–Crippen LogP) is 1.57. The predicted molar refractivity (Wildman–Crippen MR) is 97.9 cm³/mol. The quantitative estimate of drug-likeness (QED) is 0.873. The van der Waals surface area contributed by atoms with E-state index in [1.165, 1.54) is 6.92 Å². The molecule has 3 amide bonds. The van der Waals surface area contributed by atoms with Gasteiger partial charge < -0.3 is 15.5 Å². The highest BCUT2D eigenvalue weighted by atomic mass is 16.2. The number of aryl methyl sites for hydroxylation is 3. The molecule has 2 aromatic heterocycles. The van der Waals surface area contributed by atoms with Gasteiger partial charge in [0.1, 0.15) is 0 Å². The standard InChI is InChI=1S/C18H24N6O2/c1-11-5-6-15(12(2)20-11)22-18(26)24-9-14(16(10-24)21-13(3)25)17-7-8-19-23(17)4/h5-8,14,16H,9-10H2,1-4H3,(H,21,25)(H,22,26)/t14-,16-/m1/s1. The van der Waals surface area contributed by atoms with Crippen LogP contribution in [0, 0.1) is 13.8 Å². The second kappa shape index (κ2) is 7.15. The number of carbonyl (C=O) groups is 2. The number of anilines is 1. The van der Waals surface area contributed by atoms with E-state index in [4.69, 9.17) is 0 Å². The summed E-state index contributed by atoms with van der Waals surface area (Å²) in [5, 5.41) is 10.1. The Bertz CT molecular complexity index is 831. The van der Waals surface area contributed by atoms with Gasteiger partial charge in [0, 0.05) is 50.6 Å². The molecule has 0 bridgehead atoms. The molecule has 0 aliphatic carbocycles. The van der Waals surface area contributed by atoms with Crippen LogP contribution in [0.3, 0.4) is 0 Å². The first-order chi connectivity index (χ1) is 12.3. The molecule has 0 saturated carbocycles. The van der Waals surface area contributed by atoms with Crippen molar-refractivity contribution in [2.45, 2.75) is 32.7 Å². The normalized spacial score (nSPS) is 19.5. The number of carbonyl (C=O) groups excluding carboxylic acids is 2. The summed E-state index contributed by atoms with van der Waals surface area (Å²) in [6, 6.07) is 5.31. The van der Waals surface area contributed by atoms with Crippen LogP contribution in [0.25, 0.3) is 0 Å². The highest BCUT2D eigenvalue weighted by molar-refractivity contribution is 5.90. The monoisotopic (exact) mass is 356 g/mol. The van der Waals surface area contributed by atoms with Gasteiger partial charge in [0.25, 0.3) is 0 Å². The van der Waals surface area contributed by atoms with Crippen LogP contribution in [0.2, 0.25) is 0 Å². The number of likely N-dealkylation sites (tertiary alicyclic amines) is 1. The van der Waals surface area contributed by atoms with Crippen LogP contribution in [0.15, 0.2) is 24.4 Å². The van der Waals surface area contributed by atoms with Crippen molar-refractivity contribution in [3.63, 3.8) is 0 Å². The number of amides is 3. The molecule has 3 heterocycles. The summed E-state index contributed by atoms with van der Waals surface area (Å²) >= 11 is 0. The van der Waals surface area contributed by atoms with Gasteiger partial charge in [0.15, 0.2) is 0 Å². The Morgan fingerprint density at radius 1 is 1.19 bits per heavy atom. The molecule has 0 unspecified atom stereocenters. The molecule has 1 fully saturated rings. The summed E-state index contributed by atoms with van der Waals surface area (Å²) in [5.41, 5.74) is 3.37. The average molecular weight is 356 g/mol. The number of urea groups is 1. The Morgan fingerprint density at radius 2 is 1.96 bits per heavy atom. The Kier molecular flexibility index (Phi) is 4.92. The van der Waals surface area contributed by atoms with E-state index < -0.39 is 0 Å². The lowest BCUT2D eigenvalue weighted by atomic mass is 9.99. The number of hydrogen-bond acceptors (Lipinski definition) is 4. The number of hydrogen-bond donors (Lipinski definition) is 2. The molecular weight excluding hydrogens is 332 g/mol. The lowest BCUT2D eigenvalue weighted by Gasteiger charge is -2.18. The van der Waals surface area contributed by atoms with E-state index in [9.17, 15) is 9.59 Å². The lowest BCUT2D eigenvalue weighted by Crippen LogP contribution is -2.40. The fourth-order valence-electron chi connectivity index (χ4n) is 3.44. The van der Waals surface area contributed by atoms with Gasteiger partial charge in [-0.1, -0.05) is 0 Å². The summed E-state index contributed by atoms with van der Waals surface area (Å²) in [7, 11) is 1.87. The zero-order valence-corrected chi connectivity index (χ0v) is 15.5. The van der Waals surface area contributed by atoms with Crippen LogP contribution in [0.1, 0.15) is 29.9 Å². The van der Waals surface area contributed by atoms with Crippen molar-refractivity contribution >= 4 is 17.6 Å². The minimum atomic E-state index is -0.196. The van der Waals surface area contributed by atoms with Crippen molar-refractivity contribution in [3.05, 3.63) is 41.5 Å². The minimum absolute atomic E-state index is 0.00519. The first-order valence-corrected chi connectivity index (χ1v) is 8.60. The molecular formula is C18H24N6O2. The van der Waals surface area contributed by atoms with E-state index >= 15 is 0 Å². The third-order valence-electron chi connectivity index (χ3n) is 4.70. The highest BCUT2D eigenvalue weighted by Crippen LogP contribution is 2.28. The minimum Gasteiger partial charge on any atom is -0.351 e. The van der Waals surface area contributed by atoms with E-state index in [2.05, 4.69) is 20.7 Å². The van der Waals surface area contributed by atoms with Gasteiger partial charge in [-0.2, -0.15) is 5.10 Å².